The molecule has 0 bridgehead atoms. The van der Waals surface area contributed by atoms with E-state index in [0.29, 0.717) is 17.9 Å². The number of rotatable bonds is 6. The lowest BCUT2D eigenvalue weighted by Crippen LogP contribution is -2.17. The first kappa shape index (κ1) is 22.8. The summed E-state index contributed by atoms with van der Waals surface area (Å²) in [5.74, 6) is 0.642. The van der Waals surface area contributed by atoms with Crippen LogP contribution >= 0.6 is 12.4 Å². The molecular weight excluding hydrogens is 436 g/mol. The number of aryl methyl sites for hydroxylation is 2. The molecule has 3 heterocycles. The van der Waals surface area contributed by atoms with Gasteiger partial charge in [0.1, 0.15) is 11.3 Å². The predicted octanol–water partition coefficient (Wildman–Crippen LogP) is 5.97. The summed E-state index contributed by atoms with van der Waals surface area (Å²) < 4.78 is 11.6. The van der Waals surface area contributed by atoms with Crippen LogP contribution in [0.5, 0.6) is 0 Å². The first-order valence-corrected chi connectivity index (χ1v) is 10.8. The zero-order chi connectivity index (χ0) is 22.1. The number of hydrogen-bond donors (Lipinski definition) is 1. The van der Waals surface area contributed by atoms with Gasteiger partial charge < -0.3 is 14.2 Å². The monoisotopic (exact) mass is 460 g/mol. The van der Waals surface area contributed by atoms with Crippen LogP contribution in [-0.2, 0) is 13.0 Å². The third-order valence-corrected chi connectivity index (χ3v) is 5.73. The van der Waals surface area contributed by atoms with E-state index < -0.39 is 5.63 Å². The maximum atomic E-state index is 12.2. The van der Waals surface area contributed by atoms with Gasteiger partial charge in [-0.25, -0.2) is 4.79 Å². The molecule has 0 saturated carbocycles. The zero-order valence-electron chi connectivity index (χ0n) is 18.6. The highest BCUT2D eigenvalue weighted by Gasteiger charge is 2.16. The molecule has 168 valence electrons. The molecule has 0 fully saturated rings. The number of benzene rings is 2. The van der Waals surface area contributed by atoms with Crippen molar-refractivity contribution in [1.29, 1.82) is 0 Å². The highest BCUT2D eigenvalue weighted by atomic mass is 35.5. The third-order valence-electron chi connectivity index (χ3n) is 5.73. The van der Waals surface area contributed by atoms with Gasteiger partial charge in [0.05, 0.1) is 5.69 Å². The van der Waals surface area contributed by atoms with Crippen molar-refractivity contribution in [3.8, 4) is 11.3 Å². The number of aromatic nitrogens is 1. The van der Waals surface area contributed by atoms with Gasteiger partial charge in [0.2, 0.25) is 0 Å². The van der Waals surface area contributed by atoms with Gasteiger partial charge in [-0.05, 0) is 55.6 Å². The lowest BCUT2D eigenvalue weighted by Gasteiger charge is -2.06. The van der Waals surface area contributed by atoms with Crippen LogP contribution in [0.3, 0.4) is 0 Å². The van der Waals surface area contributed by atoms with Crippen molar-refractivity contribution >= 4 is 34.3 Å². The first-order valence-electron chi connectivity index (χ1n) is 10.8. The van der Waals surface area contributed by atoms with Crippen molar-refractivity contribution in [2.45, 2.75) is 26.8 Å². The average molecular weight is 461 g/mol. The molecule has 2 aromatic carbocycles. The molecule has 0 amide bonds. The summed E-state index contributed by atoms with van der Waals surface area (Å²) in [5.41, 5.74) is 5.88. The van der Waals surface area contributed by atoms with E-state index in [1.807, 2.05) is 50.4 Å². The zero-order valence-corrected chi connectivity index (χ0v) is 19.4. The molecule has 0 aliphatic carbocycles. The van der Waals surface area contributed by atoms with Crippen molar-refractivity contribution in [2.24, 2.45) is 0 Å². The van der Waals surface area contributed by atoms with Crippen LogP contribution in [0.15, 0.2) is 80.5 Å². The van der Waals surface area contributed by atoms with Gasteiger partial charge >= 0.3 is 5.63 Å². The molecular formula is C27H25ClN2O3. The molecule has 0 aliphatic heterocycles. The van der Waals surface area contributed by atoms with Gasteiger partial charge in [-0.1, -0.05) is 42.5 Å². The number of hydrogen-bond acceptors (Lipinski definition) is 5. The minimum atomic E-state index is -0.392. The Morgan fingerprint density at radius 3 is 2.58 bits per heavy atom. The van der Waals surface area contributed by atoms with E-state index in [4.69, 9.17) is 8.83 Å². The van der Waals surface area contributed by atoms with Crippen molar-refractivity contribution in [3.05, 3.63) is 99.7 Å². The van der Waals surface area contributed by atoms with Crippen LogP contribution in [0.1, 0.15) is 22.4 Å². The smallest absolute Gasteiger partial charge is 0.336 e. The average Bonchev–Trinajstić information content (AvgIpc) is 3.24. The molecule has 33 heavy (non-hydrogen) atoms. The normalized spacial score (nSPS) is 11.1. The van der Waals surface area contributed by atoms with Gasteiger partial charge in [0.15, 0.2) is 5.58 Å². The van der Waals surface area contributed by atoms with E-state index in [1.165, 1.54) is 11.6 Å². The Hall–Kier alpha value is -3.41. The van der Waals surface area contributed by atoms with E-state index in [9.17, 15) is 4.79 Å². The van der Waals surface area contributed by atoms with Crippen molar-refractivity contribution in [2.75, 3.05) is 6.54 Å². The number of nitrogens with zero attached hydrogens (tertiary/aromatic N) is 1. The number of pyridine rings is 1. The Bertz CT molecular complexity index is 1470. The molecule has 3 aromatic heterocycles. The van der Waals surface area contributed by atoms with Gasteiger partial charge in [-0.3, -0.25) is 4.98 Å². The highest BCUT2D eigenvalue weighted by Crippen LogP contribution is 2.34. The molecule has 6 heteroatoms. The highest BCUT2D eigenvalue weighted by molar-refractivity contribution is 5.95. The largest absolute Gasteiger partial charge is 0.454 e. The van der Waals surface area contributed by atoms with E-state index >= 15 is 0 Å². The van der Waals surface area contributed by atoms with Gasteiger partial charge in [-0.15, -0.1) is 12.4 Å². The Morgan fingerprint density at radius 2 is 1.76 bits per heavy atom. The maximum Gasteiger partial charge on any atom is 0.336 e. The minimum absolute atomic E-state index is 0. The van der Waals surface area contributed by atoms with Crippen LogP contribution < -0.4 is 10.9 Å². The Morgan fingerprint density at radius 1 is 0.939 bits per heavy atom. The summed E-state index contributed by atoms with van der Waals surface area (Å²) >= 11 is 0. The molecule has 0 radical (unpaired) electrons. The summed E-state index contributed by atoms with van der Waals surface area (Å²) in [6.45, 7) is 5.46. The number of fused-ring (bicyclic) bond motifs is 2. The quantitative estimate of drug-likeness (QED) is 0.249. The van der Waals surface area contributed by atoms with E-state index in [2.05, 4.69) is 34.6 Å². The molecule has 5 rings (SSSR count). The standard InChI is InChI=1S/C27H24N2O3.ClH/c1-17-8-9-21-23(14-26(30)31-24(21)12-17)25-13-22-20(16-29-18(2)27(22)32-25)15-28-11-10-19-6-4-3-5-7-19;/h3-9,12-14,16,28H,10-11,15H2,1-2H3;1H. The number of furan rings is 1. The number of halogens is 1. The van der Waals surface area contributed by atoms with Crippen LogP contribution in [0.25, 0.3) is 33.3 Å². The number of nitrogens with one attached hydrogen (secondary N) is 1. The molecule has 5 aromatic rings. The molecule has 5 nitrogen and oxygen atoms in total. The topological polar surface area (TPSA) is 68.3 Å². The third kappa shape index (κ3) is 4.70. The molecule has 0 atom stereocenters. The molecule has 1 N–H and O–H groups in total. The van der Waals surface area contributed by atoms with Crippen LogP contribution in [0, 0.1) is 13.8 Å². The fourth-order valence-electron chi connectivity index (χ4n) is 4.05. The SMILES string of the molecule is Cc1ccc2c(-c3cc4c(CNCCc5ccccc5)cnc(C)c4o3)cc(=O)oc2c1.Cl. The second kappa shape index (κ2) is 9.61. The summed E-state index contributed by atoms with van der Waals surface area (Å²) in [5, 5.41) is 5.37. The maximum absolute atomic E-state index is 12.2. The molecule has 0 spiro atoms. The summed E-state index contributed by atoms with van der Waals surface area (Å²) in [6.07, 6.45) is 2.86. The lowest BCUT2D eigenvalue weighted by atomic mass is 10.1. The van der Waals surface area contributed by atoms with Crippen LogP contribution in [0.2, 0.25) is 0 Å². The van der Waals surface area contributed by atoms with Gasteiger partial charge in [-0.2, -0.15) is 0 Å². The molecule has 0 saturated heterocycles. The Labute approximate surface area is 197 Å². The van der Waals surface area contributed by atoms with E-state index in [0.717, 1.165) is 51.7 Å². The van der Waals surface area contributed by atoms with Crippen molar-refractivity contribution in [3.63, 3.8) is 0 Å². The van der Waals surface area contributed by atoms with E-state index in [-0.39, 0.29) is 12.4 Å². The van der Waals surface area contributed by atoms with Gasteiger partial charge in [0, 0.05) is 35.1 Å². The fourth-order valence-corrected chi connectivity index (χ4v) is 4.05. The predicted molar refractivity (Wildman–Crippen MR) is 134 cm³/mol. The Kier molecular flexibility index (Phi) is 6.63. The lowest BCUT2D eigenvalue weighted by molar-refractivity contribution is 0.559. The van der Waals surface area contributed by atoms with Crippen molar-refractivity contribution in [1.82, 2.24) is 10.3 Å². The minimum Gasteiger partial charge on any atom is -0.454 e. The van der Waals surface area contributed by atoms with E-state index in [1.54, 1.807) is 0 Å². The second-order valence-electron chi connectivity index (χ2n) is 8.11. The second-order valence-corrected chi connectivity index (χ2v) is 8.11. The fraction of sp³-hybridized carbons (Fsp3) is 0.185. The first-order chi connectivity index (χ1) is 15.6. The summed E-state index contributed by atoms with van der Waals surface area (Å²) in [6, 6.07) is 19.8. The summed E-state index contributed by atoms with van der Waals surface area (Å²) in [7, 11) is 0. The van der Waals surface area contributed by atoms with Crippen molar-refractivity contribution < 1.29 is 8.83 Å². The molecule has 0 unspecified atom stereocenters. The van der Waals surface area contributed by atoms with Crippen LogP contribution in [-0.4, -0.2) is 11.5 Å². The molecule has 0 aliphatic rings. The Balaban J connectivity index is 0.00000259. The summed E-state index contributed by atoms with van der Waals surface area (Å²) in [4.78, 5) is 16.7. The van der Waals surface area contributed by atoms with Crippen LogP contribution in [0.4, 0.5) is 0 Å². The van der Waals surface area contributed by atoms with Gasteiger partial charge in [0.25, 0.3) is 0 Å².